The third kappa shape index (κ3) is 3.69. The summed E-state index contributed by atoms with van der Waals surface area (Å²) in [5.41, 5.74) is 5.98. The summed E-state index contributed by atoms with van der Waals surface area (Å²) in [6.07, 6.45) is 9.82. The largest absolute Gasteiger partial charge is 0.330 e. The van der Waals surface area contributed by atoms with Crippen LogP contribution in [0.15, 0.2) is 0 Å². The van der Waals surface area contributed by atoms with Crippen LogP contribution in [0.25, 0.3) is 0 Å². The Morgan fingerprint density at radius 2 is 1.82 bits per heavy atom. The van der Waals surface area contributed by atoms with E-state index in [2.05, 4.69) is 18.7 Å². The zero-order valence-electron chi connectivity index (χ0n) is 11.7. The highest BCUT2D eigenvalue weighted by atomic mass is 15.2. The van der Waals surface area contributed by atoms with Gasteiger partial charge in [0.05, 0.1) is 0 Å². The quantitative estimate of drug-likeness (QED) is 0.771. The molecule has 2 unspecified atom stereocenters. The van der Waals surface area contributed by atoms with Crippen LogP contribution in [-0.4, -0.2) is 30.1 Å². The van der Waals surface area contributed by atoms with E-state index in [9.17, 15) is 0 Å². The molecule has 100 valence electrons. The molecule has 2 heteroatoms. The first-order valence-corrected chi connectivity index (χ1v) is 7.68. The Kier molecular flexibility index (Phi) is 4.87. The van der Waals surface area contributed by atoms with E-state index in [4.69, 9.17) is 5.73 Å². The maximum absolute atomic E-state index is 5.98. The van der Waals surface area contributed by atoms with Gasteiger partial charge in [0.15, 0.2) is 0 Å². The van der Waals surface area contributed by atoms with E-state index in [1.165, 1.54) is 51.5 Å². The van der Waals surface area contributed by atoms with Crippen LogP contribution in [0.4, 0.5) is 0 Å². The molecular weight excluding hydrogens is 208 g/mol. The number of hydrogen-bond donors (Lipinski definition) is 1. The van der Waals surface area contributed by atoms with Crippen LogP contribution in [0.2, 0.25) is 0 Å². The van der Waals surface area contributed by atoms with Crippen molar-refractivity contribution in [2.75, 3.05) is 13.1 Å². The zero-order valence-corrected chi connectivity index (χ0v) is 11.7. The molecule has 0 aromatic carbocycles. The summed E-state index contributed by atoms with van der Waals surface area (Å²) in [5.74, 6) is 1.60. The lowest BCUT2D eigenvalue weighted by atomic mass is 9.83. The Labute approximate surface area is 107 Å². The molecule has 2 atom stereocenters. The number of nitrogens with zero attached hydrogens (tertiary/aromatic N) is 1. The van der Waals surface area contributed by atoms with Gasteiger partial charge in [0.1, 0.15) is 0 Å². The Morgan fingerprint density at radius 3 is 2.41 bits per heavy atom. The van der Waals surface area contributed by atoms with Crippen molar-refractivity contribution >= 4 is 0 Å². The minimum absolute atomic E-state index is 0.775. The molecule has 0 heterocycles. The van der Waals surface area contributed by atoms with Gasteiger partial charge in [0.2, 0.25) is 0 Å². The van der Waals surface area contributed by atoms with Gasteiger partial charge in [0.25, 0.3) is 0 Å². The molecule has 0 bridgehead atoms. The van der Waals surface area contributed by atoms with Gasteiger partial charge in [-0.25, -0.2) is 0 Å². The maximum Gasteiger partial charge on any atom is 0.0138 e. The van der Waals surface area contributed by atoms with E-state index >= 15 is 0 Å². The van der Waals surface area contributed by atoms with Crippen LogP contribution in [0, 0.1) is 11.8 Å². The van der Waals surface area contributed by atoms with Crippen molar-refractivity contribution in [3.8, 4) is 0 Å². The summed E-state index contributed by atoms with van der Waals surface area (Å²) in [6.45, 7) is 6.89. The SMILES string of the molecule is CC(C)CCN(C1CC1)C1CCCCC1CN. The molecule has 2 N–H and O–H groups in total. The molecule has 0 aromatic rings. The topological polar surface area (TPSA) is 29.3 Å². The maximum atomic E-state index is 5.98. The van der Waals surface area contributed by atoms with Gasteiger partial charge < -0.3 is 5.73 Å². The normalized spacial score (nSPS) is 30.2. The van der Waals surface area contributed by atoms with Gasteiger partial charge in [-0.3, -0.25) is 4.90 Å². The fourth-order valence-electron chi connectivity index (χ4n) is 3.33. The van der Waals surface area contributed by atoms with Crippen molar-refractivity contribution in [2.24, 2.45) is 17.6 Å². The van der Waals surface area contributed by atoms with E-state index in [1.807, 2.05) is 0 Å². The van der Waals surface area contributed by atoms with E-state index < -0.39 is 0 Å². The second-order valence-corrected chi connectivity index (χ2v) is 6.50. The smallest absolute Gasteiger partial charge is 0.0138 e. The average Bonchev–Trinajstić information content (AvgIpc) is 3.14. The van der Waals surface area contributed by atoms with Gasteiger partial charge in [0, 0.05) is 12.1 Å². The first-order chi connectivity index (χ1) is 8.22. The molecule has 0 aromatic heterocycles. The lowest BCUT2D eigenvalue weighted by Gasteiger charge is -2.40. The van der Waals surface area contributed by atoms with Crippen molar-refractivity contribution in [1.29, 1.82) is 0 Å². The molecule has 0 amide bonds. The first kappa shape index (κ1) is 13.4. The Morgan fingerprint density at radius 1 is 1.12 bits per heavy atom. The molecule has 2 rings (SSSR count). The van der Waals surface area contributed by atoms with E-state index in [0.717, 1.165) is 30.5 Å². The van der Waals surface area contributed by atoms with Gasteiger partial charge in [-0.1, -0.05) is 26.7 Å². The Hall–Kier alpha value is -0.0800. The van der Waals surface area contributed by atoms with Crippen LogP contribution in [-0.2, 0) is 0 Å². The molecule has 0 saturated heterocycles. The predicted octanol–water partition coefficient (Wildman–Crippen LogP) is 3.01. The van der Waals surface area contributed by atoms with Crippen molar-refractivity contribution in [3.05, 3.63) is 0 Å². The summed E-state index contributed by atoms with van der Waals surface area (Å²) in [6, 6.07) is 1.71. The molecule has 2 aliphatic carbocycles. The lowest BCUT2D eigenvalue weighted by molar-refractivity contribution is 0.0942. The van der Waals surface area contributed by atoms with E-state index in [1.54, 1.807) is 0 Å². The third-order valence-electron chi connectivity index (χ3n) is 4.58. The lowest BCUT2D eigenvalue weighted by Crippen LogP contribution is -2.46. The fourth-order valence-corrected chi connectivity index (χ4v) is 3.33. The highest BCUT2D eigenvalue weighted by molar-refractivity contribution is 4.93. The molecule has 0 spiro atoms. The summed E-state index contributed by atoms with van der Waals surface area (Å²) in [7, 11) is 0. The molecular formula is C15H30N2. The predicted molar refractivity (Wildman–Crippen MR) is 74.0 cm³/mol. The summed E-state index contributed by atoms with van der Waals surface area (Å²) >= 11 is 0. The molecule has 2 aliphatic rings. The van der Waals surface area contributed by atoms with Crippen LogP contribution in [0.3, 0.4) is 0 Å². The van der Waals surface area contributed by atoms with Crippen molar-refractivity contribution in [1.82, 2.24) is 4.90 Å². The standard InChI is InChI=1S/C15H30N2/c1-12(2)9-10-17(14-7-8-14)15-6-4-3-5-13(15)11-16/h12-15H,3-11,16H2,1-2H3. The highest BCUT2D eigenvalue weighted by Crippen LogP contribution is 2.36. The summed E-state index contributed by atoms with van der Waals surface area (Å²) in [5, 5.41) is 0. The minimum atomic E-state index is 0.775. The van der Waals surface area contributed by atoms with Gasteiger partial charge in [-0.05, 0) is 57.0 Å². The molecule has 2 saturated carbocycles. The molecule has 0 aliphatic heterocycles. The fraction of sp³-hybridized carbons (Fsp3) is 1.00. The molecule has 2 fully saturated rings. The van der Waals surface area contributed by atoms with Crippen molar-refractivity contribution in [2.45, 2.75) is 70.9 Å². The third-order valence-corrected chi connectivity index (χ3v) is 4.58. The van der Waals surface area contributed by atoms with Crippen LogP contribution < -0.4 is 5.73 Å². The summed E-state index contributed by atoms with van der Waals surface area (Å²) < 4.78 is 0. The molecule has 2 nitrogen and oxygen atoms in total. The van der Waals surface area contributed by atoms with E-state index in [-0.39, 0.29) is 0 Å². The number of hydrogen-bond acceptors (Lipinski definition) is 2. The Bertz CT molecular complexity index is 223. The van der Waals surface area contributed by atoms with Crippen LogP contribution in [0.5, 0.6) is 0 Å². The minimum Gasteiger partial charge on any atom is -0.330 e. The summed E-state index contributed by atoms with van der Waals surface area (Å²) in [4.78, 5) is 2.83. The molecule has 0 radical (unpaired) electrons. The zero-order chi connectivity index (χ0) is 12.3. The van der Waals surface area contributed by atoms with E-state index in [0.29, 0.717) is 0 Å². The van der Waals surface area contributed by atoms with Crippen molar-refractivity contribution < 1.29 is 0 Å². The van der Waals surface area contributed by atoms with Gasteiger partial charge >= 0.3 is 0 Å². The van der Waals surface area contributed by atoms with Gasteiger partial charge in [-0.15, -0.1) is 0 Å². The highest BCUT2D eigenvalue weighted by Gasteiger charge is 2.37. The van der Waals surface area contributed by atoms with Crippen LogP contribution >= 0.6 is 0 Å². The van der Waals surface area contributed by atoms with Gasteiger partial charge in [-0.2, -0.15) is 0 Å². The number of rotatable bonds is 6. The van der Waals surface area contributed by atoms with Crippen molar-refractivity contribution in [3.63, 3.8) is 0 Å². The average molecular weight is 238 g/mol. The monoisotopic (exact) mass is 238 g/mol. The van der Waals surface area contributed by atoms with Crippen LogP contribution in [0.1, 0.15) is 58.8 Å². The first-order valence-electron chi connectivity index (χ1n) is 7.68. The Balaban J connectivity index is 1.93. The molecule has 17 heavy (non-hydrogen) atoms. The second-order valence-electron chi connectivity index (χ2n) is 6.50. The number of nitrogens with two attached hydrogens (primary N) is 1. The second kappa shape index (κ2) is 6.19.